The zero-order chi connectivity index (χ0) is 16.0. The van der Waals surface area contributed by atoms with Crippen LogP contribution in [0.2, 0.25) is 0 Å². The Kier molecular flexibility index (Phi) is 5.73. The molecule has 0 saturated carbocycles. The third-order valence-electron chi connectivity index (χ3n) is 3.17. The lowest BCUT2D eigenvalue weighted by atomic mass is 10.0. The molecule has 4 N–H and O–H groups in total. The highest BCUT2D eigenvalue weighted by Crippen LogP contribution is 2.22. The molecule has 0 saturated heterocycles. The summed E-state index contributed by atoms with van der Waals surface area (Å²) >= 11 is 0. The molecule has 0 unspecified atom stereocenters. The van der Waals surface area contributed by atoms with Gasteiger partial charge in [-0.3, -0.25) is 11.3 Å². The molecule has 0 aliphatic carbocycles. The Hall–Kier alpha value is -1.67. The topological polar surface area (TPSA) is 93.5 Å². The maximum atomic E-state index is 11.0. The smallest absolute Gasteiger partial charge is 0.208 e. The average molecular weight is 323 g/mol. The van der Waals surface area contributed by atoms with E-state index in [0.717, 1.165) is 28.3 Å². The Morgan fingerprint density at radius 1 is 1.09 bits per heavy atom. The summed E-state index contributed by atoms with van der Waals surface area (Å²) in [5, 5.41) is 2.18. The number of ether oxygens (including phenoxy) is 1. The van der Waals surface area contributed by atoms with E-state index in [4.69, 9.17) is 10.6 Å². The third kappa shape index (κ3) is 5.27. The Bertz CT molecular complexity index is 732. The molecule has 7 heteroatoms. The summed E-state index contributed by atoms with van der Waals surface area (Å²) in [5.41, 5.74) is 3.63. The van der Waals surface area contributed by atoms with Crippen molar-refractivity contribution in [2.24, 2.45) is 5.84 Å². The van der Waals surface area contributed by atoms with E-state index in [-0.39, 0.29) is 0 Å². The summed E-state index contributed by atoms with van der Waals surface area (Å²) in [7, 11) is -3.13. The minimum Gasteiger partial charge on any atom is -0.492 e. The summed E-state index contributed by atoms with van der Waals surface area (Å²) in [6.45, 7) is 1.50. The zero-order valence-electron chi connectivity index (χ0n) is 12.5. The number of rotatable bonds is 8. The van der Waals surface area contributed by atoms with Crippen molar-refractivity contribution in [3.05, 3.63) is 42.0 Å². The van der Waals surface area contributed by atoms with E-state index in [1.807, 2.05) is 30.3 Å². The van der Waals surface area contributed by atoms with E-state index < -0.39 is 10.0 Å². The van der Waals surface area contributed by atoms with Crippen LogP contribution >= 0.6 is 0 Å². The Morgan fingerprint density at radius 3 is 2.55 bits per heavy atom. The maximum absolute atomic E-state index is 11.0. The average Bonchev–Trinajstić information content (AvgIpc) is 2.46. The first-order valence-electron chi connectivity index (χ1n) is 7.01. The highest BCUT2D eigenvalue weighted by molar-refractivity contribution is 7.88. The third-order valence-corrected chi connectivity index (χ3v) is 3.90. The van der Waals surface area contributed by atoms with Gasteiger partial charge in [0.2, 0.25) is 10.0 Å². The lowest BCUT2D eigenvalue weighted by molar-refractivity contribution is 0.315. The van der Waals surface area contributed by atoms with Crippen molar-refractivity contribution in [1.82, 2.24) is 10.1 Å². The molecule has 2 rings (SSSR count). The number of sulfonamides is 1. The van der Waals surface area contributed by atoms with Crippen molar-refractivity contribution in [3.63, 3.8) is 0 Å². The number of hydrogen-bond donors (Lipinski definition) is 3. The summed E-state index contributed by atoms with van der Waals surface area (Å²) in [4.78, 5) is 0. The first kappa shape index (κ1) is 16.7. The van der Waals surface area contributed by atoms with E-state index in [1.54, 1.807) is 0 Å². The number of benzene rings is 2. The predicted octanol–water partition coefficient (Wildman–Crippen LogP) is 0.774. The fourth-order valence-corrected chi connectivity index (χ4v) is 2.60. The van der Waals surface area contributed by atoms with Crippen molar-refractivity contribution < 1.29 is 13.2 Å². The monoisotopic (exact) mass is 323 g/mol. The van der Waals surface area contributed by atoms with Crippen molar-refractivity contribution in [2.75, 3.05) is 26.0 Å². The number of fused-ring (bicyclic) bond motifs is 1. The van der Waals surface area contributed by atoms with Gasteiger partial charge in [0.05, 0.1) is 6.26 Å². The second-order valence-electron chi connectivity index (χ2n) is 5.06. The molecule has 0 spiro atoms. The number of hydrogen-bond acceptors (Lipinski definition) is 5. The van der Waals surface area contributed by atoms with Crippen molar-refractivity contribution in [1.29, 1.82) is 0 Å². The molecular formula is C15H21N3O3S. The van der Waals surface area contributed by atoms with Crippen LogP contribution in [0.3, 0.4) is 0 Å². The van der Waals surface area contributed by atoms with E-state index in [2.05, 4.69) is 16.2 Å². The molecule has 0 aliphatic heterocycles. The second-order valence-corrected chi connectivity index (χ2v) is 6.90. The molecule has 0 aliphatic rings. The highest BCUT2D eigenvalue weighted by Gasteiger charge is 2.02. The van der Waals surface area contributed by atoms with Crippen LogP contribution in [-0.2, 0) is 16.4 Å². The number of nitrogens with two attached hydrogens (primary N) is 1. The predicted molar refractivity (Wildman–Crippen MR) is 88.2 cm³/mol. The van der Waals surface area contributed by atoms with Crippen LogP contribution in [0, 0.1) is 0 Å². The molecular weight excluding hydrogens is 302 g/mol. The van der Waals surface area contributed by atoms with Gasteiger partial charge in [0.25, 0.3) is 0 Å². The van der Waals surface area contributed by atoms with Gasteiger partial charge in [0.15, 0.2) is 0 Å². The molecule has 22 heavy (non-hydrogen) atoms. The van der Waals surface area contributed by atoms with Gasteiger partial charge in [-0.15, -0.1) is 0 Å². The first-order chi connectivity index (χ1) is 10.5. The molecule has 2 aromatic carbocycles. The van der Waals surface area contributed by atoms with Gasteiger partial charge in [-0.1, -0.05) is 24.3 Å². The molecule has 0 heterocycles. The van der Waals surface area contributed by atoms with Gasteiger partial charge in [-0.2, -0.15) is 0 Å². The Balaban J connectivity index is 2.03. The zero-order valence-corrected chi connectivity index (χ0v) is 13.3. The van der Waals surface area contributed by atoms with Gasteiger partial charge >= 0.3 is 0 Å². The minimum atomic E-state index is -3.13. The summed E-state index contributed by atoms with van der Waals surface area (Å²) < 4.78 is 30.1. The van der Waals surface area contributed by atoms with Crippen LogP contribution in [0.15, 0.2) is 36.4 Å². The van der Waals surface area contributed by atoms with Crippen LogP contribution in [-0.4, -0.2) is 34.4 Å². The van der Waals surface area contributed by atoms with E-state index in [9.17, 15) is 8.42 Å². The summed E-state index contributed by atoms with van der Waals surface area (Å²) in [6.07, 6.45) is 1.82. The number of nitrogens with one attached hydrogen (secondary N) is 2. The molecule has 0 fully saturated rings. The van der Waals surface area contributed by atoms with Gasteiger partial charge in [0.1, 0.15) is 12.4 Å². The Morgan fingerprint density at radius 2 is 1.82 bits per heavy atom. The molecule has 120 valence electrons. The quantitative estimate of drug-likeness (QED) is 0.379. The van der Waals surface area contributed by atoms with Crippen molar-refractivity contribution >= 4 is 20.8 Å². The minimum absolute atomic E-state index is 0.400. The fourth-order valence-electron chi connectivity index (χ4n) is 2.13. The fraction of sp³-hybridized carbons (Fsp3) is 0.333. The van der Waals surface area contributed by atoms with Gasteiger partial charge < -0.3 is 4.74 Å². The van der Waals surface area contributed by atoms with E-state index in [0.29, 0.717) is 26.1 Å². The first-order valence-corrected chi connectivity index (χ1v) is 8.91. The van der Waals surface area contributed by atoms with Gasteiger partial charge in [-0.05, 0) is 34.9 Å². The normalized spacial score (nSPS) is 11.7. The molecule has 0 amide bonds. The summed E-state index contributed by atoms with van der Waals surface area (Å²) in [6, 6.07) is 12.0. The lowest BCUT2D eigenvalue weighted by Gasteiger charge is -2.08. The maximum Gasteiger partial charge on any atom is 0.208 e. The summed E-state index contributed by atoms with van der Waals surface area (Å²) in [5.74, 6) is 5.99. The van der Waals surface area contributed by atoms with Crippen LogP contribution < -0.4 is 20.7 Å². The standard InChI is InChI=1S/C15H21N3O3S/c1-22(19,20)18-7-6-12-2-3-14-11-15(21-9-8-17-16)5-4-13(14)10-12/h2-5,10-11,17-18H,6-9,16H2,1H3. The molecule has 0 atom stereocenters. The van der Waals surface area contributed by atoms with Crippen LogP contribution in [0.4, 0.5) is 0 Å². The number of hydrazine groups is 1. The van der Waals surface area contributed by atoms with Crippen molar-refractivity contribution in [3.8, 4) is 5.75 Å². The van der Waals surface area contributed by atoms with Gasteiger partial charge in [-0.25, -0.2) is 13.1 Å². The molecule has 0 bridgehead atoms. The van der Waals surface area contributed by atoms with Crippen molar-refractivity contribution in [2.45, 2.75) is 6.42 Å². The molecule has 0 radical (unpaired) electrons. The SMILES string of the molecule is CS(=O)(=O)NCCc1ccc2cc(OCCNN)ccc2c1. The lowest BCUT2D eigenvalue weighted by Crippen LogP contribution is -2.27. The highest BCUT2D eigenvalue weighted by atomic mass is 32.2. The van der Waals surface area contributed by atoms with Gasteiger partial charge in [0, 0.05) is 13.1 Å². The van der Waals surface area contributed by atoms with E-state index in [1.165, 1.54) is 0 Å². The second kappa shape index (κ2) is 7.55. The largest absolute Gasteiger partial charge is 0.492 e. The molecule has 2 aromatic rings. The van der Waals surface area contributed by atoms with Crippen LogP contribution in [0.5, 0.6) is 5.75 Å². The van der Waals surface area contributed by atoms with Crippen LogP contribution in [0.1, 0.15) is 5.56 Å². The Labute approximate surface area is 130 Å². The molecule has 0 aromatic heterocycles. The van der Waals surface area contributed by atoms with E-state index >= 15 is 0 Å². The molecule has 6 nitrogen and oxygen atoms in total. The van der Waals surface area contributed by atoms with Crippen LogP contribution in [0.25, 0.3) is 10.8 Å².